The number of aliphatic hydroxyl groups is 1. The van der Waals surface area contributed by atoms with Crippen LogP contribution >= 0.6 is 11.8 Å². The second-order valence-corrected chi connectivity index (χ2v) is 7.66. The van der Waals surface area contributed by atoms with Gasteiger partial charge in [0.2, 0.25) is 11.8 Å². The summed E-state index contributed by atoms with van der Waals surface area (Å²) in [6, 6.07) is -0.404. The number of carboxylic acids is 1. The number of β-lactam (4-membered cyclic amide) rings is 1. The van der Waals surface area contributed by atoms with E-state index in [1.807, 2.05) is 4.90 Å². The van der Waals surface area contributed by atoms with Crippen LogP contribution in [0.3, 0.4) is 0 Å². The monoisotopic (exact) mass is 355 g/mol. The highest BCUT2D eigenvalue weighted by Crippen LogP contribution is 2.50. The number of piperidine rings is 1. The van der Waals surface area contributed by atoms with Gasteiger partial charge in [0, 0.05) is 11.4 Å². The molecule has 8 nitrogen and oxygen atoms in total. The molecule has 0 bridgehead atoms. The summed E-state index contributed by atoms with van der Waals surface area (Å²) >= 11 is 1.29. The maximum atomic E-state index is 12.2. The minimum absolute atomic E-state index is 0.0271. The van der Waals surface area contributed by atoms with Crippen molar-refractivity contribution in [2.45, 2.75) is 43.7 Å². The maximum Gasteiger partial charge on any atom is 0.353 e. The van der Waals surface area contributed by atoms with Gasteiger partial charge < -0.3 is 15.9 Å². The molecule has 24 heavy (non-hydrogen) atoms. The average Bonchev–Trinajstić information content (AvgIpc) is 2.81. The molecule has 0 aromatic rings. The molecule has 132 valence electrons. The van der Waals surface area contributed by atoms with Crippen LogP contribution in [-0.4, -0.2) is 68.4 Å². The van der Waals surface area contributed by atoms with Crippen LogP contribution in [0.5, 0.6) is 0 Å². The Bertz CT molecular complexity index is 620. The molecule has 2 fully saturated rings. The van der Waals surface area contributed by atoms with E-state index in [-0.39, 0.29) is 23.5 Å². The highest BCUT2D eigenvalue weighted by Gasteiger charge is 2.57. The number of likely N-dealkylation sites (tertiary alicyclic amines) is 1. The molecule has 4 atom stereocenters. The molecule has 0 aromatic heterocycles. The second-order valence-electron chi connectivity index (χ2n) is 6.44. The minimum atomic E-state index is -1.16. The van der Waals surface area contributed by atoms with Gasteiger partial charge in [-0.15, -0.1) is 11.8 Å². The van der Waals surface area contributed by atoms with Gasteiger partial charge in [-0.3, -0.25) is 19.4 Å². The fourth-order valence-corrected chi connectivity index (χ4v) is 5.29. The van der Waals surface area contributed by atoms with E-state index in [9.17, 15) is 24.6 Å². The lowest BCUT2D eigenvalue weighted by atomic mass is 9.92. The Labute approximate surface area is 143 Å². The van der Waals surface area contributed by atoms with Crippen LogP contribution in [0.15, 0.2) is 10.6 Å². The number of thioether (sulfide) groups is 1. The fourth-order valence-electron chi connectivity index (χ4n) is 3.65. The summed E-state index contributed by atoms with van der Waals surface area (Å²) in [5.74, 6) is -2.52. The predicted octanol–water partition coefficient (Wildman–Crippen LogP) is -0.465. The number of carbonyl (C=O) groups excluding carboxylic acids is 2. The number of hydrogen-bond acceptors (Lipinski definition) is 6. The standard InChI is InChI=1S/C15H21N3O5S/c1-7(19)10-13(21)18-11(15(22)23)9(24-14(10)18)6-17-5-3-2-4-8(17)12(16)20/h7-8,10,14,19H,2-6H2,1H3,(H2,16,20)(H,22,23)/t7-,8+,10+,14-/m1/s1. The first-order valence-corrected chi connectivity index (χ1v) is 8.88. The van der Waals surface area contributed by atoms with E-state index in [2.05, 4.69) is 0 Å². The van der Waals surface area contributed by atoms with Crippen LogP contribution in [0, 0.1) is 5.92 Å². The van der Waals surface area contributed by atoms with Crippen LogP contribution in [0.25, 0.3) is 0 Å². The number of fused-ring (bicyclic) bond motifs is 1. The van der Waals surface area contributed by atoms with Crippen molar-refractivity contribution in [2.75, 3.05) is 13.1 Å². The van der Waals surface area contributed by atoms with Crippen molar-refractivity contribution in [2.24, 2.45) is 11.7 Å². The Morgan fingerprint density at radius 1 is 1.42 bits per heavy atom. The zero-order chi connectivity index (χ0) is 17.6. The summed E-state index contributed by atoms with van der Waals surface area (Å²) in [4.78, 5) is 39.2. The van der Waals surface area contributed by atoms with E-state index in [0.29, 0.717) is 17.9 Å². The Hall–Kier alpha value is -1.58. The van der Waals surface area contributed by atoms with Gasteiger partial charge in [-0.25, -0.2) is 4.79 Å². The fraction of sp³-hybridized carbons (Fsp3) is 0.667. The van der Waals surface area contributed by atoms with Gasteiger partial charge in [0.05, 0.1) is 18.1 Å². The van der Waals surface area contributed by atoms with E-state index in [1.54, 1.807) is 0 Å². The van der Waals surface area contributed by atoms with Gasteiger partial charge in [-0.2, -0.15) is 0 Å². The molecule has 2 amide bonds. The first-order valence-electron chi connectivity index (χ1n) is 8.00. The molecule has 3 heterocycles. The van der Waals surface area contributed by atoms with Gasteiger partial charge >= 0.3 is 5.97 Å². The molecule has 9 heteroatoms. The van der Waals surface area contributed by atoms with Crippen molar-refractivity contribution in [1.29, 1.82) is 0 Å². The topological polar surface area (TPSA) is 124 Å². The van der Waals surface area contributed by atoms with E-state index < -0.39 is 29.9 Å². The Balaban J connectivity index is 1.83. The first-order chi connectivity index (χ1) is 11.3. The molecule has 2 saturated heterocycles. The lowest BCUT2D eigenvalue weighted by Gasteiger charge is -2.43. The first kappa shape index (κ1) is 17.2. The van der Waals surface area contributed by atoms with Crippen molar-refractivity contribution in [1.82, 2.24) is 9.80 Å². The highest BCUT2D eigenvalue weighted by molar-refractivity contribution is 8.04. The number of carboxylic acid groups (broad SMARTS) is 1. The molecule has 0 aliphatic carbocycles. The van der Waals surface area contributed by atoms with Gasteiger partial charge in [0.15, 0.2) is 0 Å². The van der Waals surface area contributed by atoms with Crippen molar-refractivity contribution in [3.8, 4) is 0 Å². The molecular weight excluding hydrogens is 334 g/mol. The Morgan fingerprint density at radius 2 is 2.12 bits per heavy atom. The highest BCUT2D eigenvalue weighted by atomic mass is 32.2. The molecule has 0 aromatic carbocycles. The number of nitrogens with zero attached hydrogens (tertiary/aromatic N) is 2. The lowest BCUT2D eigenvalue weighted by Crippen LogP contribution is -2.60. The van der Waals surface area contributed by atoms with Gasteiger partial charge in [0.25, 0.3) is 0 Å². The third kappa shape index (κ3) is 2.70. The zero-order valence-electron chi connectivity index (χ0n) is 13.3. The minimum Gasteiger partial charge on any atom is -0.477 e. The number of hydrogen-bond donors (Lipinski definition) is 3. The van der Waals surface area contributed by atoms with Crippen LogP contribution in [-0.2, 0) is 14.4 Å². The van der Waals surface area contributed by atoms with Crippen LogP contribution in [0.1, 0.15) is 26.2 Å². The molecular formula is C15H21N3O5S. The predicted molar refractivity (Wildman–Crippen MR) is 86.5 cm³/mol. The van der Waals surface area contributed by atoms with Gasteiger partial charge in [-0.05, 0) is 26.3 Å². The zero-order valence-corrected chi connectivity index (χ0v) is 14.2. The van der Waals surface area contributed by atoms with Crippen molar-refractivity contribution in [3.05, 3.63) is 10.6 Å². The van der Waals surface area contributed by atoms with E-state index in [0.717, 1.165) is 12.8 Å². The van der Waals surface area contributed by atoms with E-state index in [1.165, 1.54) is 23.6 Å². The summed E-state index contributed by atoms with van der Waals surface area (Å²) in [6.45, 7) is 2.49. The van der Waals surface area contributed by atoms with Crippen molar-refractivity contribution in [3.63, 3.8) is 0 Å². The summed E-state index contributed by atoms with van der Waals surface area (Å²) < 4.78 is 0. The Kier molecular flexibility index (Phi) is 4.58. The van der Waals surface area contributed by atoms with Crippen LogP contribution in [0.2, 0.25) is 0 Å². The van der Waals surface area contributed by atoms with Gasteiger partial charge in [-0.1, -0.05) is 6.42 Å². The molecule has 3 aliphatic rings. The third-order valence-corrected chi connectivity index (χ3v) is 6.22. The van der Waals surface area contributed by atoms with Crippen molar-refractivity contribution < 1.29 is 24.6 Å². The smallest absolute Gasteiger partial charge is 0.353 e. The summed E-state index contributed by atoms with van der Waals surface area (Å²) in [6.07, 6.45) is 1.68. The average molecular weight is 355 g/mol. The molecule has 0 spiro atoms. The summed E-state index contributed by atoms with van der Waals surface area (Å²) in [5, 5.41) is 18.9. The lowest BCUT2D eigenvalue weighted by molar-refractivity contribution is -0.156. The number of primary amides is 1. The van der Waals surface area contributed by atoms with Crippen molar-refractivity contribution >= 4 is 29.5 Å². The number of carbonyl (C=O) groups is 3. The largest absolute Gasteiger partial charge is 0.477 e. The number of nitrogens with two attached hydrogens (primary N) is 1. The van der Waals surface area contributed by atoms with Crippen LogP contribution < -0.4 is 5.73 Å². The van der Waals surface area contributed by atoms with E-state index >= 15 is 0 Å². The Morgan fingerprint density at radius 3 is 2.71 bits per heavy atom. The molecule has 0 saturated carbocycles. The quantitative estimate of drug-likeness (QED) is 0.570. The van der Waals surface area contributed by atoms with Gasteiger partial charge in [0.1, 0.15) is 11.1 Å². The molecule has 3 aliphatic heterocycles. The van der Waals surface area contributed by atoms with Crippen LogP contribution in [0.4, 0.5) is 0 Å². The summed E-state index contributed by atoms with van der Waals surface area (Å²) in [5.41, 5.74) is 5.43. The number of aliphatic carboxylic acids is 1. The molecule has 4 N–H and O–H groups in total. The molecule has 0 radical (unpaired) electrons. The van der Waals surface area contributed by atoms with E-state index in [4.69, 9.17) is 5.73 Å². The number of aliphatic hydroxyl groups excluding tert-OH is 1. The molecule has 0 unspecified atom stereocenters. The second kappa shape index (κ2) is 6.38. The number of amides is 2. The number of rotatable bonds is 5. The maximum absolute atomic E-state index is 12.2. The SMILES string of the molecule is C[C@@H](O)[C@H]1C(=O)N2C(C(=O)O)=C(CN3CCCC[C@H]3C(N)=O)S[C@H]12. The normalized spacial score (nSPS) is 31.7. The summed E-state index contributed by atoms with van der Waals surface area (Å²) in [7, 11) is 0. The molecule has 3 rings (SSSR count). The third-order valence-electron chi connectivity index (χ3n) is 4.86.